The highest BCUT2D eigenvalue weighted by molar-refractivity contribution is 9.10. The highest BCUT2D eigenvalue weighted by Crippen LogP contribution is 2.25. The fourth-order valence-electron chi connectivity index (χ4n) is 1.87. The minimum absolute atomic E-state index is 0.239. The van der Waals surface area contributed by atoms with E-state index in [2.05, 4.69) is 26.1 Å². The van der Waals surface area contributed by atoms with E-state index in [9.17, 15) is 4.39 Å². The normalized spacial score (nSPS) is 10.6. The molecule has 0 spiro atoms. The SMILES string of the molecule is Fc1ccc(-c2cc(-c3ccc(Br)cc3)n[nH]2)cc1. The first-order valence-corrected chi connectivity index (χ1v) is 6.59. The van der Waals surface area contributed by atoms with Gasteiger partial charge in [-0.15, -0.1) is 0 Å². The van der Waals surface area contributed by atoms with Crippen molar-refractivity contribution in [2.24, 2.45) is 0 Å². The molecule has 3 aromatic rings. The number of rotatable bonds is 2. The zero-order valence-electron chi connectivity index (χ0n) is 9.90. The van der Waals surface area contributed by atoms with Crippen LogP contribution in [0.4, 0.5) is 4.39 Å². The van der Waals surface area contributed by atoms with Crippen LogP contribution in [-0.4, -0.2) is 10.2 Å². The van der Waals surface area contributed by atoms with Crippen LogP contribution in [0.2, 0.25) is 0 Å². The smallest absolute Gasteiger partial charge is 0.123 e. The maximum absolute atomic E-state index is 12.9. The van der Waals surface area contributed by atoms with Gasteiger partial charge in [-0.2, -0.15) is 5.10 Å². The Hall–Kier alpha value is -1.94. The van der Waals surface area contributed by atoms with Crippen LogP contribution in [0.5, 0.6) is 0 Å². The number of hydrogen-bond donors (Lipinski definition) is 1. The summed E-state index contributed by atoms with van der Waals surface area (Å²) in [5.74, 6) is -0.239. The highest BCUT2D eigenvalue weighted by Gasteiger charge is 2.05. The quantitative estimate of drug-likeness (QED) is 0.732. The minimum atomic E-state index is -0.239. The van der Waals surface area contributed by atoms with Gasteiger partial charge < -0.3 is 0 Å². The van der Waals surface area contributed by atoms with E-state index in [1.807, 2.05) is 30.3 Å². The average molecular weight is 317 g/mol. The maximum atomic E-state index is 12.9. The van der Waals surface area contributed by atoms with E-state index in [4.69, 9.17) is 0 Å². The first kappa shape index (κ1) is 12.1. The molecule has 0 saturated heterocycles. The standard InChI is InChI=1S/C15H10BrFN2/c16-12-5-1-10(2-6-12)14-9-15(19-18-14)11-3-7-13(17)8-4-11/h1-9H,(H,18,19). The Morgan fingerprint density at radius 3 is 2.21 bits per heavy atom. The third-order valence-electron chi connectivity index (χ3n) is 2.87. The van der Waals surface area contributed by atoms with Gasteiger partial charge in [-0.05, 0) is 48.0 Å². The number of H-pyrrole nitrogens is 1. The first-order valence-electron chi connectivity index (χ1n) is 5.80. The third-order valence-corrected chi connectivity index (χ3v) is 3.40. The molecule has 0 unspecified atom stereocenters. The Morgan fingerprint density at radius 2 is 1.53 bits per heavy atom. The predicted octanol–water partition coefficient (Wildman–Crippen LogP) is 4.65. The molecule has 0 bridgehead atoms. The van der Waals surface area contributed by atoms with Gasteiger partial charge in [-0.25, -0.2) is 4.39 Å². The largest absolute Gasteiger partial charge is 0.277 e. The molecule has 0 fully saturated rings. The number of hydrogen-bond acceptors (Lipinski definition) is 1. The summed E-state index contributed by atoms with van der Waals surface area (Å²) in [7, 11) is 0. The molecule has 2 aromatic carbocycles. The summed E-state index contributed by atoms with van der Waals surface area (Å²) in [4.78, 5) is 0. The second kappa shape index (κ2) is 4.97. The summed E-state index contributed by atoms with van der Waals surface area (Å²) in [5, 5.41) is 7.25. The number of aromatic amines is 1. The number of nitrogens with zero attached hydrogens (tertiary/aromatic N) is 1. The summed E-state index contributed by atoms with van der Waals surface area (Å²) < 4.78 is 13.9. The molecule has 4 heteroatoms. The molecular formula is C15H10BrFN2. The lowest BCUT2D eigenvalue weighted by molar-refractivity contribution is 0.628. The topological polar surface area (TPSA) is 28.7 Å². The van der Waals surface area contributed by atoms with Crippen LogP contribution in [0.1, 0.15) is 0 Å². The molecule has 0 saturated carbocycles. The summed E-state index contributed by atoms with van der Waals surface area (Å²) >= 11 is 3.40. The van der Waals surface area contributed by atoms with E-state index in [0.717, 1.165) is 27.0 Å². The maximum Gasteiger partial charge on any atom is 0.123 e. The van der Waals surface area contributed by atoms with Crippen LogP contribution in [0.3, 0.4) is 0 Å². The summed E-state index contributed by atoms with van der Waals surface area (Å²) in [5.41, 5.74) is 3.69. The molecule has 0 aliphatic heterocycles. The third kappa shape index (κ3) is 2.58. The Labute approximate surface area is 118 Å². The van der Waals surface area contributed by atoms with Crippen molar-refractivity contribution in [3.05, 3.63) is 64.9 Å². The molecule has 0 aliphatic carbocycles. The molecule has 1 heterocycles. The molecule has 1 aromatic heterocycles. The van der Waals surface area contributed by atoms with Crippen molar-refractivity contribution in [3.8, 4) is 22.5 Å². The highest BCUT2D eigenvalue weighted by atomic mass is 79.9. The van der Waals surface area contributed by atoms with Gasteiger partial charge in [0.2, 0.25) is 0 Å². The fourth-order valence-corrected chi connectivity index (χ4v) is 2.13. The van der Waals surface area contributed by atoms with Gasteiger partial charge in [-0.1, -0.05) is 28.1 Å². The molecule has 0 amide bonds. The lowest BCUT2D eigenvalue weighted by Gasteiger charge is -1.96. The van der Waals surface area contributed by atoms with Crippen molar-refractivity contribution in [1.29, 1.82) is 0 Å². The van der Waals surface area contributed by atoms with Crippen LogP contribution >= 0.6 is 15.9 Å². The lowest BCUT2D eigenvalue weighted by atomic mass is 10.1. The summed E-state index contributed by atoms with van der Waals surface area (Å²) in [6, 6.07) is 16.2. The molecule has 19 heavy (non-hydrogen) atoms. The molecule has 1 N–H and O–H groups in total. The molecular weight excluding hydrogens is 307 g/mol. The van der Waals surface area contributed by atoms with Crippen LogP contribution in [-0.2, 0) is 0 Å². The van der Waals surface area contributed by atoms with Gasteiger partial charge in [0.1, 0.15) is 5.82 Å². The number of benzene rings is 2. The molecule has 0 radical (unpaired) electrons. The van der Waals surface area contributed by atoms with Gasteiger partial charge in [0.05, 0.1) is 11.4 Å². The Bertz CT molecular complexity index is 627. The monoisotopic (exact) mass is 316 g/mol. The molecule has 2 nitrogen and oxygen atoms in total. The van der Waals surface area contributed by atoms with E-state index >= 15 is 0 Å². The van der Waals surface area contributed by atoms with Gasteiger partial charge in [0.25, 0.3) is 0 Å². The first-order chi connectivity index (χ1) is 9.22. The summed E-state index contributed by atoms with van der Waals surface area (Å²) in [6.07, 6.45) is 0. The Morgan fingerprint density at radius 1 is 0.895 bits per heavy atom. The lowest BCUT2D eigenvalue weighted by Crippen LogP contribution is -1.78. The van der Waals surface area contributed by atoms with Crippen LogP contribution in [0, 0.1) is 5.82 Å². The molecule has 94 valence electrons. The van der Waals surface area contributed by atoms with Crippen LogP contribution in [0.25, 0.3) is 22.5 Å². The second-order valence-corrected chi connectivity index (χ2v) is 5.10. The number of nitrogens with one attached hydrogen (secondary N) is 1. The van der Waals surface area contributed by atoms with Crippen molar-refractivity contribution >= 4 is 15.9 Å². The number of halogens is 2. The van der Waals surface area contributed by atoms with Crippen molar-refractivity contribution in [1.82, 2.24) is 10.2 Å². The molecule has 0 atom stereocenters. The van der Waals surface area contributed by atoms with E-state index in [0.29, 0.717) is 0 Å². The fraction of sp³-hybridized carbons (Fsp3) is 0. The molecule has 3 rings (SSSR count). The Kier molecular flexibility index (Phi) is 3.17. The zero-order chi connectivity index (χ0) is 13.2. The van der Waals surface area contributed by atoms with Crippen molar-refractivity contribution in [2.45, 2.75) is 0 Å². The van der Waals surface area contributed by atoms with E-state index in [1.165, 1.54) is 12.1 Å². The molecule has 0 aliphatic rings. The van der Waals surface area contributed by atoms with Gasteiger partial charge >= 0.3 is 0 Å². The van der Waals surface area contributed by atoms with Crippen LogP contribution < -0.4 is 0 Å². The zero-order valence-corrected chi connectivity index (χ0v) is 11.5. The van der Waals surface area contributed by atoms with E-state index in [1.54, 1.807) is 12.1 Å². The van der Waals surface area contributed by atoms with Gasteiger partial charge in [0, 0.05) is 10.0 Å². The number of aromatic nitrogens is 2. The van der Waals surface area contributed by atoms with E-state index < -0.39 is 0 Å². The summed E-state index contributed by atoms with van der Waals surface area (Å²) in [6.45, 7) is 0. The average Bonchev–Trinajstić information content (AvgIpc) is 2.90. The Balaban J connectivity index is 1.95. The minimum Gasteiger partial charge on any atom is -0.277 e. The van der Waals surface area contributed by atoms with Crippen molar-refractivity contribution < 1.29 is 4.39 Å². The van der Waals surface area contributed by atoms with Gasteiger partial charge in [-0.3, -0.25) is 5.10 Å². The van der Waals surface area contributed by atoms with E-state index in [-0.39, 0.29) is 5.82 Å². The second-order valence-electron chi connectivity index (χ2n) is 4.18. The van der Waals surface area contributed by atoms with Crippen molar-refractivity contribution in [3.63, 3.8) is 0 Å². The van der Waals surface area contributed by atoms with Gasteiger partial charge in [0.15, 0.2) is 0 Å². The van der Waals surface area contributed by atoms with Crippen LogP contribution in [0.15, 0.2) is 59.1 Å². The van der Waals surface area contributed by atoms with Crippen molar-refractivity contribution in [2.75, 3.05) is 0 Å². The predicted molar refractivity (Wildman–Crippen MR) is 77.1 cm³/mol.